The number of fused-ring (bicyclic) bond motifs is 1. The number of hydrogen-bond donors (Lipinski definition) is 2. The summed E-state index contributed by atoms with van der Waals surface area (Å²) in [6.45, 7) is 0.549. The van der Waals surface area contributed by atoms with Crippen molar-refractivity contribution < 1.29 is 4.79 Å². The number of anilines is 2. The Balaban J connectivity index is 1.50. The number of carbonyl (C=O) groups is 1. The number of nitriles is 1. The number of nitrogens with zero attached hydrogens (tertiary/aromatic N) is 2. The molecule has 1 aliphatic carbocycles. The fraction of sp³-hybridized carbons (Fsp3) is 0.192. The molecule has 6 nitrogen and oxygen atoms in total. The molecule has 0 atom stereocenters. The fourth-order valence-corrected chi connectivity index (χ4v) is 5.05. The number of H-pyrrole nitrogens is 1. The molecule has 0 saturated heterocycles. The monoisotopic (exact) mass is 454 g/mol. The lowest BCUT2D eigenvalue weighted by molar-refractivity contribution is -0.122. The zero-order valence-corrected chi connectivity index (χ0v) is 18.6. The van der Waals surface area contributed by atoms with Crippen LogP contribution in [0.5, 0.6) is 0 Å². The first-order valence-corrected chi connectivity index (χ1v) is 11.7. The van der Waals surface area contributed by atoms with Gasteiger partial charge in [0.15, 0.2) is 0 Å². The maximum Gasteiger partial charge on any atom is 0.268 e. The van der Waals surface area contributed by atoms with Gasteiger partial charge in [-0.25, -0.2) is 0 Å². The van der Waals surface area contributed by atoms with Crippen LogP contribution in [0, 0.1) is 17.2 Å². The first kappa shape index (κ1) is 21.0. The van der Waals surface area contributed by atoms with Gasteiger partial charge in [-0.1, -0.05) is 48.5 Å². The number of rotatable bonds is 6. The van der Waals surface area contributed by atoms with Crippen molar-refractivity contribution in [2.24, 2.45) is 5.92 Å². The minimum absolute atomic E-state index is 0.0182. The summed E-state index contributed by atoms with van der Waals surface area (Å²) in [5, 5.41) is 16.5. The van der Waals surface area contributed by atoms with Crippen molar-refractivity contribution >= 4 is 38.8 Å². The van der Waals surface area contributed by atoms with E-state index in [9.17, 15) is 14.9 Å². The Kier molecular flexibility index (Phi) is 5.68. The summed E-state index contributed by atoms with van der Waals surface area (Å²) >= 11 is 1.50. The number of aromatic nitrogens is 1. The van der Waals surface area contributed by atoms with E-state index < -0.39 is 5.56 Å². The summed E-state index contributed by atoms with van der Waals surface area (Å²) < 4.78 is 0. The SMILES string of the molecule is N#Cc1c(N(Cc2ccccc2)C2CC(C(=O)Nc3cccs3)C2)c2ccccc2[nH]c1=O. The maximum atomic E-state index is 12.8. The molecule has 1 saturated carbocycles. The summed E-state index contributed by atoms with van der Waals surface area (Å²) in [6, 6.07) is 23.5. The lowest BCUT2D eigenvalue weighted by atomic mass is 9.78. The van der Waals surface area contributed by atoms with E-state index in [4.69, 9.17) is 0 Å². The van der Waals surface area contributed by atoms with E-state index in [-0.39, 0.29) is 23.4 Å². The van der Waals surface area contributed by atoms with E-state index in [1.165, 1.54) is 11.3 Å². The highest BCUT2D eigenvalue weighted by Crippen LogP contribution is 2.39. The molecule has 1 amide bonds. The molecule has 5 rings (SSSR count). The Hall–Kier alpha value is -3.89. The molecule has 1 aliphatic rings. The van der Waals surface area contributed by atoms with E-state index in [2.05, 4.69) is 21.3 Å². The standard InChI is InChI=1S/C26H22N4O2S/c27-15-21-24(20-9-4-5-10-22(20)28-26(21)32)30(16-17-7-2-1-3-8-17)19-13-18(14-19)25(31)29-23-11-6-12-33-23/h1-12,18-19H,13-14,16H2,(H,28,32)(H,29,31). The molecule has 164 valence electrons. The van der Waals surface area contributed by atoms with Crippen LogP contribution in [0.25, 0.3) is 10.9 Å². The molecule has 2 heterocycles. The van der Waals surface area contributed by atoms with Gasteiger partial charge in [-0.05, 0) is 42.0 Å². The molecule has 33 heavy (non-hydrogen) atoms. The summed E-state index contributed by atoms with van der Waals surface area (Å²) in [5.74, 6) is -0.0844. The van der Waals surface area contributed by atoms with Crippen LogP contribution in [0.2, 0.25) is 0 Å². The van der Waals surface area contributed by atoms with Crippen molar-refractivity contribution in [3.8, 4) is 6.07 Å². The molecule has 0 aliphatic heterocycles. The van der Waals surface area contributed by atoms with E-state index in [0.717, 1.165) is 16.0 Å². The van der Waals surface area contributed by atoms with Gasteiger partial charge in [0.1, 0.15) is 11.6 Å². The second kappa shape index (κ2) is 8.93. The van der Waals surface area contributed by atoms with Crippen LogP contribution in [0.15, 0.2) is 76.9 Å². The number of nitrogens with one attached hydrogen (secondary N) is 2. The van der Waals surface area contributed by atoms with Crippen molar-refractivity contribution in [2.45, 2.75) is 25.4 Å². The van der Waals surface area contributed by atoms with Crippen molar-refractivity contribution in [3.05, 3.63) is 93.6 Å². The zero-order chi connectivity index (χ0) is 22.8. The summed E-state index contributed by atoms with van der Waals surface area (Å²) in [5.41, 5.74) is 2.13. The van der Waals surface area contributed by atoms with Gasteiger partial charge in [-0.3, -0.25) is 9.59 Å². The molecule has 0 spiro atoms. The van der Waals surface area contributed by atoms with Crippen LogP contribution < -0.4 is 15.8 Å². The summed E-state index contributed by atoms with van der Waals surface area (Å²) in [7, 11) is 0. The second-order valence-electron chi connectivity index (χ2n) is 8.24. The molecule has 1 fully saturated rings. The highest BCUT2D eigenvalue weighted by molar-refractivity contribution is 7.14. The summed E-state index contributed by atoms with van der Waals surface area (Å²) in [6.07, 6.45) is 1.33. The Bertz CT molecular complexity index is 1380. The zero-order valence-electron chi connectivity index (χ0n) is 17.8. The van der Waals surface area contributed by atoms with E-state index in [0.29, 0.717) is 30.6 Å². The Morgan fingerprint density at radius 3 is 2.58 bits per heavy atom. The third kappa shape index (κ3) is 4.13. The highest BCUT2D eigenvalue weighted by Gasteiger charge is 2.39. The molecule has 0 radical (unpaired) electrons. The molecule has 2 N–H and O–H groups in total. The number of para-hydroxylation sites is 1. The Morgan fingerprint density at radius 1 is 1.09 bits per heavy atom. The van der Waals surface area contributed by atoms with Crippen molar-refractivity contribution in [3.63, 3.8) is 0 Å². The minimum atomic E-state index is -0.393. The molecule has 2 aromatic carbocycles. The number of carbonyl (C=O) groups excluding carboxylic acids is 1. The topological polar surface area (TPSA) is 89.0 Å². The number of hydrogen-bond acceptors (Lipinski definition) is 5. The van der Waals surface area contributed by atoms with Crippen LogP contribution in [0.4, 0.5) is 10.7 Å². The number of pyridine rings is 1. The molecule has 0 unspecified atom stereocenters. The van der Waals surface area contributed by atoms with Crippen molar-refractivity contribution in [1.82, 2.24) is 4.98 Å². The van der Waals surface area contributed by atoms with Crippen LogP contribution in [-0.4, -0.2) is 16.9 Å². The minimum Gasteiger partial charge on any atom is -0.362 e. The normalized spacial score (nSPS) is 17.2. The lowest BCUT2D eigenvalue weighted by Crippen LogP contribution is -2.48. The number of aromatic amines is 1. The molecular weight excluding hydrogens is 432 g/mol. The molecule has 2 aromatic heterocycles. The van der Waals surface area contributed by atoms with Crippen molar-refractivity contribution in [2.75, 3.05) is 10.2 Å². The van der Waals surface area contributed by atoms with E-state index in [1.54, 1.807) is 0 Å². The van der Waals surface area contributed by atoms with Gasteiger partial charge in [0, 0.05) is 23.9 Å². The number of thiophene rings is 1. The average molecular weight is 455 g/mol. The third-order valence-corrected chi connectivity index (χ3v) is 6.97. The molecule has 4 aromatic rings. The Labute approximate surface area is 195 Å². The summed E-state index contributed by atoms with van der Waals surface area (Å²) in [4.78, 5) is 30.4. The van der Waals surface area contributed by atoms with Crippen LogP contribution in [-0.2, 0) is 11.3 Å². The lowest BCUT2D eigenvalue weighted by Gasteiger charge is -2.44. The van der Waals surface area contributed by atoms with Gasteiger partial charge in [0.2, 0.25) is 5.91 Å². The van der Waals surface area contributed by atoms with Crippen molar-refractivity contribution in [1.29, 1.82) is 5.26 Å². The quantitative estimate of drug-likeness (QED) is 0.434. The first-order chi connectivity index (χ1) is 16.1. The second-order valence-corrected chi connectivity index (χ2v) is 9.19. The van der Waals surface area contributed by atoms with Crippen LogP contribution in [0.3, 0.4) is 0 Å². The number of amides is 1. The van der Waals surface area contributed by atoms with Gasteiger partial charge in [-0.2, -0.15) is 5.26 Å². The molecular formula is C26H22N4O2S. The largest absolute Gasteiger partial charge is 0.362 e. The Morgan fingerprint density at radius 2 is 1.85 bits per heavy atom. The fourth-order valence-electron chi connectivity index (χ4n) is 4.43. The van der Waals surface area contributed by atoms with Gasteiger partial charge in [-0.15, -0.1) is 11.3 Å². The highest BCUT2D eigenvalue weighted by atomic mass is 32.1. The van der Waals surface area contributed by atoms with E-state index >= 15 is 0 Å². The van der Waals surface area contributed by atoms with Crippen LogP contribution in [0.1, 0.15) is 24.0 Å². The first-order valence-electron chi connectivity index (χ1n) is 10.8. The smallest absolute Gasteiger partial charge is 0.268 e. The molecule has 7 heteroatoms. The average Bonchev–Trinajstić information content (AvgIpc) is 3.30. The van der Waals surface area contributed by atoms with Crippen LogP contribution >= 0.6 is 11.3 Å². The van der Waals surface area contributed by atoms with Gasteiger partial charge >= 0.3 is 0 Å². The maximum absolute atomic E-state index is 12.8. The van der Waals surface area contributed by atoms with Gasteiger partial charge in [0.25, 0.3) is 5.56 Å². The molecule has 0 bridgehead atoms. The number of benzene rings is 2. The third-order valence-electron chi connectivity index (χ3n) is 6.18. The predicted molar refractivity (Wildman–Crippen MR) is 131 cm³/mol. The van der Waals surface area contributed by atoms with E-state index in [1.807, 2.05) is 72.1 Å². The predicted octanol–water partition coefficient (Wildman–Crippen LogP) is 4.89. The van der Waals surface area contributed by atoms with Gasteiger partial charge in [0.05, 0.1) is 16.2 Å². The van der Waals surface area contributed by atoms with Gasteiger partial charge < -0.3 is 15.2 Å².